The fourth-order valence-corrected chi connectivity index (χ4v) is 3.25. The SMILES string of the molecule is COc1nc(NCc2cccc(B(O)O)c2)nc(-c2c(C)[nH]c3ccccc23)n1. The van der Waals surface area contributed by atoms with E-state index in [4.69, 9.17) is 4.74 Å². The van der Waals surface area contributed by atoms with Crippen LogP contribution in [-0.4, -0.2) is 44.2 Å². The molecule has 4 N–H and O–H groups in total. The number of aromatic nitrogens is 4. The third kappa shape index (κ3) is 3.91. The Morgan fingerprint density at radius 2 is 1.90 bits per heavy atom. The highest BCUT2D eigenvalue weighted by atomic mass is 16.5. The summed E-state index contributed by atoms with van der Waals surface area (Å²) in [4.78, 5) is 16.6. The molecule has 0 saturated carbocycles. The minimum atomic E-state index is -1.51. The van der Waals surface area contributed by atoms with Crippen LogP contribution in [0.5, 0.6) is 6.01 Å². The molecule has 0 unspecified atom stereocenters. The van der Waals surface area contributed by atoms with Crippen LogP contribution in [0, 0.1) is 6.92 Å². The first-order chi connectivity index (χ1) is 14.0. The molecular weight excluding hydrogens is 369 g/mol. The monoisotopic (exact) mass is 389 g/mol. The number of aromatic amines is 1. The van der Waals surface area contributed by atoms with Crippen molar-refractivity contribution in [3.63, 3.8) is 0 Å². The minimum Gasteiger partial charge on any atom is -0.467 e. The molecule has 0 radical (unpaired) electrons. The molecule has 0 spiro atoms. The average molecular weight is 389 g/mol. The maximum atomic E-state index is 9.34. The second-order valence-electron chi connectivity index (χ2n) is 6.61. The van der Waals surface area contributed by atoms with Crippen molar-refractivity contribution in [3.8, 4) is 17.4 Å². The lowest BCUT2D eigenvalue weighted by Gasteiger charge is -2.09. The summed E-state index contributed by atoms with van der Waals surface area (Å²) in [6.45, 7) is 2.38. The second kappa shape index (κ2) is 7.90. The van der Waals surface area contributed by atoms with Crippen molar-refractivity contribution in [2.24, 2.45) is 0 Å². The van der Waals surface area contributed by atoms with Crippen molar-refractivity contribution in [1.82, 2.24) is 19.9 Å². The topological polar surface area (TPSA) is 116 Å². The number of rotatable bonds is 6. The zero-order valence-corrected chi connectivity index (χ0v) is 16.0. The van der Waals surface area contributed by atoms with Crippen molar-refractivity contribution < 1.29 is 14.8 Å². The van der Waals surface area contributed by atoms with Crippen LogP contribution in [0.2, 0.25) is 0 Å². The van der Waals surface area contributed by atoms with E-state index in [9.17, 15) is 10.0 Å². The Balaban J connectivity index is 1.67. The van der Waals surface area contributed by atoms with E-state index in [0.717, 1.165) is 27.7 Å². The third-order valence-electron chi connectivity index (χ3n) is 4.61. The molecule has 0 atom stereocenters. The van der Waals surface area contributed by atoms with Crippen LogP contribution < -0.4 is 15.5 Å². The molecule has 9 heteroatoms. The number of fused-ring (bicyclic) bond motifs is 1. The lowest BCUT2D eigenvalue weighted by Crippen LogP contribution is -2.30. The Bertz CT molecular complexity index is 1160. The Hall–Kier alpha value is -3.43. The fourth-order valence-electron chi connectivity index (χ4n) is 3.25. The fraction of sp³-hybridized carbons (Fsp3) is 0.150. The van der Waals surface area contributed by atoms with E-state index >= 15 is 0 Å². The molecule has 2 heterocycles. The summed E-state index contributed by atoms with van der Waals surface area (Å²) in [6.07, 6.45) is 0. The quantitative estimate of drug-likeness (QED) is 0.371. The molecule has 0 aliphatic heterocycles. The van der Waals surface area contributed by atoms with Crippen LogP contribution in [0.1, 0.15) is 11.3 Å². The molecule has 0 saturated heterocycles. The maximum absolute atomic E-state index is 9.34. The van der Waals surface area contributed by atoms with E-state index in [1.807, 2.05) is 37.3 Å². The first-order valence-corrected chi connectivity index (χ1v) is 9.11. The number of hydrogen-bond donors (Lipinski definition) is 4. The number of aryl methyl sites for hydroxylation is 1. The zero-order chi connectivity index (χ0) is 20.4. The standard InChI is InChI=1S/C20H20BN5O3/c1-12-17(15-8-3-4-9-16(15)23-12)18-24-19(26-20(25-18)29-2)22-11-13-6-5-7-14(10-13)21(27)28/h3-10,23,27-28H,11H2,1-2H3,(H,22,24,25,26). The summed E-state index contributed by atoms with van der Waals surface area (Å²) in [7, 11) is 0.000506. The van der Waals surface area contributed by atoms with Gasteiger partial charge in [-0.1, -0.05) is 42.5 Å². The second-order valence-corrected chi connectivity index (χ2v) is 6.61. The van der Waals surface area contributed by atoms with Crippen molar-refractivity contribution in [3.05, 3.63) is 59.8 Å². The number of nitrogens with one attached hydrogen (secondary N) is 2. The Kier molecular flexibility index (Phi) is 5.15. The average Bonchev–Trinajstić information content (AvgIpc) is 3.07. The number of hydrogen-bond acceptors (Lipinski definition) is 7. The van der Waals surface area contributed by atoms with Gasteiger partial charge in [-0.15, -0.1) is 0 Å². The van der Waals surface area contributed by atoms with Gasteiger partial charge < -0.3 is 25.1 Å². The van der Waals surface area contributed by atoms with Gasteiger partial charge in [0, 0.05) is 28.7 Å². The predicted molar refractivity (Wildman–Crippen MR) is 112 cm³/mol. The summed E-state index contributed by atoms with van der Waals surface area (Å²) in [5.74, 6) is 0.875. The molecule has 2 aromatic heterocycles. The number of nitrogens with zero attached hydrogens (tertiary/aromatic N) is 3. The maximum Gasteiger partial charge on any atom is 0.488 e. The van der Waals surface area contributed by atoms with Gasteiger partial charge in [-0.3, -0.25) is 0 Å². The van der Waals surface area contributed by atoms with Gasteiger partial charge in [0.15, 0.2) is 5.82 Å². The lowest BCUT2D eigenvalue weighted by molar-refractivity contribution is 0.379. The Morgan fingerprint density at radius 1 is 1.07 bits per heavy atom. The van der Waals surface area contributed by atoms with Gasteiger partial charge in [0.2, 0.25) is 5.95 Å². The first-order valence-electron chi connectivity index (χ1n) is 9.11. The molecule has 4 rings (SSSR count). The number of para-hydroxylation sites is 1. The van der Waals surface area contributed by atoms with E-state index in [1.54, 1.807) is 18.2 Å². The van der Waals surface area contributed by atoms with Crippen LogP contribution in [0.3, 0.4) is 0 Å². The minimum absolute atomic E-state index is 0.210. The Morgan fingerprint density at radius 3 is 2.69 bits per heavy atom. The Labute approximate surface area is 167 Å². The molecule has 0 aliphatic carbocycles. The van der Waals surface area contributed by atoms with Crippen molar-refractivity contribution >= 4 is 29.4 Å². The summed E-state index contributed by atoms with van der Waals surface area (Å²) >= 11 is 0. The summed E-state index contributed by atoms with van der Waals surface area (Å²) in [6, 6.07) is 15.2. The van der Waals surface area contributed by atoms with Crippen LogP contribution in [0.15, 0.2) is 48.5 Å². The van der Waals surface area contributed by atoms with E-state index in [1.165, 1.54) is 7.11 Å². The molecule has 2 aromatic carbocycles. The van der Waals surface area contributed by atoms with Crippen molar-refractivity contribution in [1.29, 1.82) is 0 Å². The van der Waals surface area contributed by atoms with Crippen LogP contribution in [-0.2, 0) is 6.54 Å². The zero-order valence-electron chi connectivity index (χ0n) is 16.0. The number of anilines is 1. The third-order valence-corrected chi connectivity index (χ3v) is 4.61. The van der Waals surface area contributed by atoms with Gasteiger partial charge >= 0.3 is 13.1 Å². The largest absolute Gasteiger partial charge is 0.488 e. The highest BCUT2D eigenvalue weighted by Crippen LogP contribution is 2.30. The summed E-state index contributed by atoms with van der Waals surface area (Å²) in [5, 5.41) is 22.9. The van der Waals surface area contributed by atoms with Gasteiger partial charge in [0.05, 0.1) is 7.11 Å². The predicted octanol–water partition coefficient (Wildman–Crippen LogP) is 1.63. The molecule has 0 fully saturated rings. The smallest absolute Gasteiger partial charge is 0.467 e. The summed E-state index contributed by atoms with van der Waals surface area (Å²) < 4.78 is 5.27. The first kappa shape index (κ1) is 18.9. The molecule has 0 bridgehead atoms. The molecule has 0 aliphatic rings. The van der Waals surface area contributed by atoms with Gasteiger partial charge in [-0.05, 0) is 24.0 Å². The van der Waals surface area contributed by atoms with E-state index in [2.05, 4.69) is 25.3 Å². The van der Waals surface area contributed by atoms with Gasteiger partial charge in [-0.25, -0.2) is 0 Å². The van der Waals surface area contributed by atoms with E-state index < -0.39 is 7.12 Å². The highest BCUT2D eigenvalue weighted by Gasteiger charge is 2.16. The molecule has 4 aromatic rings. The number of methoxy groups -OCH3 is 1. The van der Waals surface area contributed by atoms with Gasteiger partial charge in [0.25, 0.3) is 0 Å². The van der Waals surface area contributed by atoms with Crippen molar-refractivity contribution in [2.75, 3.05) is 12.4 Å². The molecule has 8 nitrogen and oxygen atoms in total. The molecular formula is C20H20BN5O3. The van der Waals surface area contributed by atoms with Gasteiger partial charge in [-0.2, -0.15) is 15.0 Å². The number of ether oxygens (including phenoxy) is 1. The van der Waals surface area contributed by atoms with Crippen molar-refractivity contribution in [2.45, 2.75) is 13.5 Å². The number of benzene rings is 2. The van der Waals surface area contributed by atoms with Crippen LogP contribution >= 0.6 is 0 Å². The summed E-state index contributed by atoms with van der Waals surface area (Å²) in [5.41, 5.74) is 4.14. The molecule has 146 valence electrons. The van der Waals surface area contributed by atoms with Gasteiger partial charge in [0.1, 0.15) is 0 Å². The van der Waals surface area contributed by atoms with Crippen LogP contribution in [0.25, 0.3) is 22.3 Å². The number of H-pyrrole nitrogens is 1. The highest BCUT2D eigenvalue weighted by molar-refractivity contribution is 6.58. The lowest BCUT2D eigenvalue weighted by atomic mass is 9.80. The van der Waals surface area contributed by atoms with E-state index in [0.29, 0.717) is 23.8 Å². The molecule has 0 amide bonds. The molecule has 29 heavy (non-hydrogen) atoms. The van der Waals surface area contributed by atoms with E-state index in [-0.39, 0.29) is 6.01 Å². The van der Waals surface area contributed by atoms with Crippen LogP contribution in [0.4, 0.5) is 5.95 Å². The normalized spacial score (nSPS) is 10.9.